The molecule has 4 atom stereocenters. The second-order valence-corrected chi connectivity index (χ2v) is 6.98. The van der Waals surface area contributed by atoms with E-state index < -0.39 is 0 Å². The van der Waals surface area contributed by atoms with Crippen molar-refractivity contribution >= 4 is 0 Å². The van der Waals surface area contributed by atoms with Crippen molar-refractivity contribution in [3.05, 3.63) is 11.6 Å². The first-order chi connectivity index (χ1) is 7.52. The van der Waals surface area contributed by atoms with Gasteiger partial charge in [-0.3, -0.25) is 0 Å². The maximum Gasteiger partial charge on any atom is 0.0644 e. The molecule has 1 nitrogen and oxygen atoms in total. The number of aliphatic hydroxyl groups is 1. The van der Waals surface area contributed by atoms with Crippen LogP contribution in [0.4, 0.5) is 0 Å². The van der Waals surface area contributed by atoms with E-state index in [1.165, 1.54) is 31.3 Å². The Kier molecular flexibility index (Phi) is 2.12. The zero-order valence-corrected chi connectivity index (χ0v) is 10.8. The van der Waals surface area contributed by atoms with Crippen LogP contribution in [0.5, 0.6) is 0 Å². The van der Waals surface area contributed by atoms with Crippen LogP contribution < -0.4 is 0 Å². The zero-order valence-electron chi connectivity index (χ0n) is 10.8. The van der Waals surface area contributed by atoms with Gasteiger partial charge in [0.05, 0.1) is 6.61 Å². The number of hydrogen-bond donors (Lipinski definition) is 1. The Morgan fingerprint density at radius 1 is 1.38 bits per heavy atom. The third-order valence-corrected chi connectivity index (χ3v) is 6.32. The lowest BCUT2D eigenvalue weighted by atomic mass is 9.68. The molecule has 0 aromatic carbocycles. The van der Waals surface area contributed by atoms with Crippen LogP contribution in [0, 0.1) is 28.6 Å². The molecule has 2 fully saturated rings. The Bertz CT molecular complexity index is 341. The fourth-order valence-electron chi connectivity index (χ4n) is 5.35. The lowest BCUT2D eigenvalue weighted by Gasteiger charge is -2.36. The van der Waals surface area contributed by atoms with E-state index in [-0.39, 0.29) is 6.61 Å². The minimum absolute atomic E-state index is 0.283. The second-order valence-electron chi connectivity index (χ2n) is 6.98. The van der Waals surface area contributed by atoms with Gasteiger partial charge in [-0.2, -0.15) is 0 Å². The van der Waals surface area contributed by atoms with Crippen LogP contribution in [0.2, 0.25) is 0 Å². The van der Waals surface area contributed by atoms with Crippen molar-refractivity contribution in [2.24, 2.45) is 28.6 Å². The molecule has 0 saturated heterocycles. The van der Waals surface area contributed by atoms with E-state index in [4.69, 9.17) is 0 Å². The van der Waals surface area contributed by atoms with Crippen molar-refractivity contribution in [1.29, 1.82) is 0 Å². The Morgan fingerprint density at radius 2 is 2.12 bits per heavy atom. The van der Waals surface area contributed by atoms with E-state index in [0.29, 0.717) is 16.7 Å². The highest BCUT2D eigenvalue weighted by Gasteiger charge is 2.63. The predicted molar refractivity (Wildman–Crippen MR) is 66.0 cm³/mol. The molecule has 0 heterocycles. The summed E-state index contributed by atoms with van der Waals surface area (Å²) in [4.78, 5) is 0. The van der Waals surface area contributed by atoms with Gasteiger partial charge in [0.1, 0.15) is 0 Å². The average molecular weight is 220 g/mol. The van der Waals surface area contributed by atoms with Crippen LogP contribution in [0.3, 0.4) is 0 Å². The lowest BCUT2D eigenvalue weighted by molar-refractivity contribution is 0.128. The van der Waals surface area contributed by atoms with Crippen molar-refractivity contribution in [1.82, 2.24) is 0 Å². The van der Waals surface area contributed by atoms with Crippen LogP contribution in [0.25, 0.3) is 0 Å². The van der Waals surface area contributed by atoms with Gasteiger partial charge < -0.3 is 5.11 Å². The summed E-state index contributed by atoms with van der Waals surface area (Å²) in [6.45, 7) is 7.62. The third kappa shape index (κ3) is 1.06. The first-order valence-electron chi connectivity index (χ1n) is 6.82. The molecule has 3 aliphatic carbocycles. The normalized spacial score (nSPS) is 49.0. The number of fused-ring (bicyclic) bond motifs is 1. The standard InChI is InChI=1S/C15H24O/c1-10-4-5-13-14(2,3)12-8-15(10,13)7-6-11(12)9-16/h6,10,12-13,16H,4-5,7-9H2,1-3H3/t10-,12-,13+,15?/m1/s1. The maximum atomic E-state index is 9.50. The van der Waals surface area contributed by atoms with Crippen LogP contribution in [-0.4, -0.2) is 11.7 Å². The molecule has 1 spiro atoms. The Hall–Kier alpha value is -0.300. The lowest BCUT2D eigenvalue weighted by Crippen LogP contribution is -2.30. The summed E-state index contributed by atoms with van der Waals surface area (Å²) in [6, 6.07) is 0. The third-order valence-electron chi connectivity index (χ3n) is 6.32. The number of hydrogen-bond acceptors (Lipinski definition) is 1. The largest absolute Gasteiger partial charge is 0.392 e. The molecule has 1 heteroatoms. The Labute approximate surface area is 98.9 Å². The average Bonchev–Trinajstić information content (AvgIpc) is 2.65. The molecule has 0 radical (unpaired) electrons. The number of allylic oxidation sites excluding steroid dienone is 1. The quantitative estimate of drug-likeness (QED) is 0.672. The van der Waals surface area contributed by atoms with Crippen molar-refractivity contribution in [3.63, 3.8) is 0 Å². The Morgan fingerprint density at radius 3 is 2.81 bits per heavy atom. The van der Waals surface area contributed by atoms with E-state index in [2.05, 4.69) is 26.8 Å². The molecule has 0 amide bonds. The first kappa shape index (κ1) is 10.8. The van der Waals surface area contributed by atoms with Gasteiger partial charge in [0.2, 0.25) is 0 Å². The van der Waals surface area contributed by atoms with Gasteiger partial charge >= 0.3 is 0 Å². The van der Waals surface area contributed by atoms with Crippen molar-refractivity contribution < 1.29 is 5.11 Å². The van der Waals surface area contributed by atoms with Gasteiger partial charge in [-0.1, -0.05) is 26.8 Å². The summed E-state index contributed by atoms with van der Waals surface area (Å²) in [5.41, 5.74) is 2.33. The van der Waals surface area contributed by atoms with Gasteiger partial charge in [-0.25, -0.2) is 0 Å². The minimum atomic E-state index is 0.283. The van der Waals surface area contributed by atoms with Crippen LogP contribution in [-0.2, 0) is 0 Å². The van der Waals surface area contributed by atoms with E-state index >= 15 is 0 Å². The molecule has 2 bridgehead atoms. The maximum absolute atomic E-state index is 9.50. The molecule has 0 aromatic rings. The Balaban J connectivity index is 2.07. The topological polar surface area (TPSA) is 20.2 Å². The summed E-state index contributed by atoms with van der Waals surface area (Å²) in [5, 5.41) is 9.50. The van der Waals surface area contributed by atoms with Crippen LogP contribution in [0.1, 0.15) is 46.5 Å². The molecule has 1 unspecified atom stereocenters. The summed E-state index contributed by atoms with van der Waals surface area (Å²) < 4.78 is 0. The summed E-state index contributed by atoms with van der Waals surface area (Å²) >= 11 is 0. The van der Waals surface area contributed by atoms with E-state index in [0.717, 1.165) is 11.8 Å². The SMILES string of the molecule is C[C@@H]1CC[C@H]2C(C)(C)[C@@H]3CC12CC=C3CO. The van der Waals surface area contributed by atoms with Crippen molar-refractivity contribution in [3.8, 4) is 0 Å². The molecular formula is C15H24O. The first-order valence-corrected chi connectivity index (χ1v) is 6.82. The smallest absolute Gasteiger partial charge is 0.0644 e. The highest BCUT2D eigenvalue weighted by atomic mass is 16.3. The molecule has 1 N–H and O–H groups in total. The molecule has 3 rings (SSSR count). The predicted octanol–water partition coefficient (Wildman–Crippen LogP) is 3.39. The molecule has 3 aliphatic rings. The van der Waals surface area contributed by atoms with E-state index in [1.54, 1.807) is 0 Å². The van der Waals surface area contributed by atoms with Crippen LogP contribution in [0.15, 0.2) is 11.6 Å². The fourth-order valence-corrected chi connectivity index (χ4v) is 5.35. The summed E-state index contributed by atoms with van der Waals surface area (Å²) in [7, 11) is 0. The fraction of sp³-hybridized carbons (Fsp3) is 0.867. The van der Waals surface area contributed by atoms with Gasteiger partial charge in [-0.05, 0) is 59.8 Å². The summed E-state index contributed by atoms with van der Waals surface area (Å²) in [6.07, 6.45) is 7.78. The monoisotopic (exact) mass is 220 g/mol. The van der Waals surface area contributed by atoms with Gasteiger partial charge in [0.25, 0.3) is 0 Å². The minimum Gasteiger partial charge on any atom is -0.392 e. The van der Waals surface area contributed by atoms with E-state index in [9.17, 15) is 5.11 Å². The molecule has 90 valence electrons. The number of aliphatic hydroxyl groups excluding tert-OH is 1. The highest BCUT2D eigenvalue weighted by molar-refractivity contribution is 5.26. The van der Waals surface area contributed by atoms with Gasteiger partial charge in [-0.15, -0.1) is 0 Å². The molecule has 0 aliphatic heterocycles. The van der Waals surface area contributed by atoms with Gasteiger partial charge in [0.15, 0.2) is 0 Å². The van der Waals surface area contributed by atoms with Crippen molar-refractivity contribution in [2.75, 3.05) is 6.61 Å². The number of rotatable bonds is 1. The van der Waals surface area contributed by atoms with Crippen molar-refractivity contribution in [2.45, 2.75) is 46.5 Å². The zero-order chi connectivity index (χ0) is 11.6. The second kappa shape index (κ2) is 3.13. The summed E-state index contributed by atoms with van der Waals surface area (Å²) in [5.74, 6) is 2.43. The molecule has 2 saturated carbocycles. The molecule has 16 heavy (non-hydrogen) atoms. The van der Waals surface area contributed by atoms with Gasteiger partial charge in [0, 0.05) is 0 Å². The molecular weight excluding hydrogens is 196 g/mol. The molecule has 0 aromatic heterocycles. The van der Waals surface area contributed by atoms with Crippen LogP contribution >= 0.6 is 0 Å². The van der Waals surface area contributed by atoms with E-state index in [1.807, 2.05) is 0 Å². The highest BCUT2D eigenvalue weighted by Crippen LogP contribution is 2.71.